The Labute approximate surface area is 212 Å². The third kappa shape index (κ3) is 9.98. The van der Waals surface area contributed by atoms with Crippen LogP contribution in [0.1, 0.15) is 50.7 Å². The smallest absolute Gasteiger partial charge is 0.392 e. The van der Waals surface area contributed by atoms with Crippen LogP contribution >= 0.6 is 0 Å². The molecule has 0 heterocycles. The zero-order chi connectivity index (χ0) is 26.6. The highest BCUT2D eigenvalue weighted by Gasteiger charge is 2.24. The Morgan fingerprint density at radius 3 is 2.25 bits per heavy atom. The van der Waals surface area contributed by atoms with Gasteiger partial charge in [0.2, 0.25) is 0 Å². The van der Waals surface area contributed by atoms with Crippen LogP contribution in [0.4, 0.5) is 18.9 Å². The van der Waals surface area contributed by atoms with Crippen molar-refractivity contribution in [2.45, 2.75) is 52.1 Å². The lowest BCUT2D eigenvalue weighted by molar-refractivity contribution is -0.137. The number of alkyl halides is 3. The summed E-state index contributed by atoms with van der Waals surface area (Å²) in [6.45, 7) is 3.91. The van der Waals surface area contributed by atoms with E-state index < -0.39 is 18.6 Å². The summed E-state index contributed by atoms with van der Waals surface area (Å²) >= 11 is 0. The van der Waals surface area contributed by atoms with Gasteiger partial charge in [-0.25, -0.2) is 0 Å². The van der Waals surface area contributed by atoms with Crippen LogP contribution in [0.2, 0.25) is 0 Å². The van der Waals surface area contributed by atoms with E-state index in [0.717, 1.165) is 39.7 Å². The summed E-state index contributed by atoms with van der Waals surface area (Å²) in [6.07, 6.45) is 5.35. The van der Waals surface area contributed by atoms with Gasteiger partial charge in [0.05, 0.1) is 6.42 Å². The van der Waals surface area contributed by atoms with Gasteiger partial charge < -0.3 is 10.0 Å². The molecular weight excluding hydrogens is 463 g/mol. The highest BCUT2D eigenvalue weighted by atomic mass is 19.4. The Bertz CT molecular complexity index is 1100. The quantitative estimate of drug-likeness (QED) is 0.237. The van der Waals surface area contributed by atoms with Crippen LogP contribution < -0.4 is 4.90 Å². The molecule has 3 nitrogen and oxygen atoms in total. The molecular formula is C30H34F3NO2. The van der Waals surface area contributed by atoms with Crippen molar-refractivity contribution in [3.05, 3.63) is 107 Å². The second-order valence-corrected chi connectivity index (χ2v) is 8.53. The number of aliphatic carboxylic acids is 1. The van der Waals surface area contributed by atoms with Crippen molar-refractivity contribution in [1.29, 1.82) is 0 Å². The van der Waals surface area contributed by atoms with E-state index in [2.05, 4.69) is 4.90 Å². The summed E-state index contributed by atoms with van der Waals surface area (Å²) in [7, 11) is 1.99. The fraction of sp³-hybridized carbons (Fsp3) is 0.300. The first kappa shape index (κ1) is 28.7. The summed E-state index contributed by atoms with van der Waals surface area (Å²) in [5, 5.41) is 8.83. The first-order chi connectivity index (χ1) is 17.1. The van der Waals surface area contributed by atoms with Crippen LogP contribution in [0.15, 0.2) is 96.2 Å². The fourth-order valence-electron chi connectivity index (χ4n) is 3.66. The van der Waals surface area contributed by atoms with Crippen molar-refractivity contribution in [3.63, 3.8) is 0 Å². The molecule has 0 bridgehead atoms. The molecule has 0 atom stereocenters. The van der Waals surface area contributed by atoms with Gasteiger partial charge in [-0.2, -0.15) is 13.2 Å². The molecule has 0 spiro atoms. The Morgan fingerprint density at radius 1 is 1.00 bits per heavy atom. The predicted octanol–water partition coefficient (Wildman–Crippen LogP) is 8.36. The molecule has 36 heavy (non-hydrogen) atoms. The van der Waals surface area contributed by atoms with Crippen molar-refractivity contribution in [3.8, 4) is 0 Å². The normalized spacial score (nSPS) is 13.3. The second-order valence-electron chi connectivity index (χ2n) is 8.53. The number of hydrogen-bond donors (Lipinski definition) is 1. The van der Waals surface area contributed by atoms with Gasteiger partial charge in [-0.3, -0.25) is 4.79 Å². The summed E-state index contributed by atoms with van der Waals surface area (Å²) < 4.78 is 37.2. The molecule has 0 fully saturated rings. The SMILES string of the molecule is C/C=C(/C=C/C(=C(/C)N(C)c1ccc(CCCC(=O)O)cc1)c1ccccc1)C/C=C\CC(F)(F)F. The van der Waals surface area contributed by atoms with Gasteiger partial charge in [0.15, 0.2) is 0 Å². The molecule has 1 N–H and O–H groups in total. The van der Waals surface area contributed by atoms with Crippen LogP contribution in [-0.4, -0.2) is 24.3 Å². The molecule has 192 valence electrons. The van der Waals surface area contributed by atoms with Crippen molar-refractivity contribution < 1.29 is 23.1 Å². The summed E-state index contributed by atoms with van der Waals surface area (Å²) in [4.78, 5) is 12.8. The molecule has 0 saturated carbocycles. The predicted molar refractivity (Wildman–Crippen MR) is 142 cm³/mol. The van der Waals surface area contributed by atoms with Gasteiger partial charge in [-0.15, -0.1) is 0 Å². The number of benzene rings is 2. The summed E-state index contributed by atoms with van der Waals surface area (Å²) in [5.74, 6) is -0.785. The maximum atomic E-state index is 12.4. The lowest BCUT2D eigenvalue weighted by Crippen LogP contribution is -2.15. The van der Waals surface area contributed by atoms with E-state index in [9.17, 15) is 18.0 Å². The van der Waals surface area contributed by atoms with Crippen LogP contribution in [0.3, 0.4) is 0 Å². The van der Waals surface area contributed by atoms with Gasteiger partial charge in [-0.05, 0) is 61.9 Å². The number of carbonyl (C=O) groups is 1. The highest BCUT2D eigenvalue weighted by Crippen LogP contribution is 2.27. The molecule has 0 aliphatic carbocycles. The van der Waals surface area contributed by atoms with E-state index in [1.165, 1.54) is 0 Å². The number of carboxylic acid groups (broad SMARTS) is 1. The Hall–Kier alpha value is -3.54. The number of allylic oxidation sites excluding steroid dienone is 8. The zero-order valence-electron chi connectivity index (χ0n) is 21.1. The highest BCUT2D eigenvalue weighted by molar-refractivity contribution is 5.79. The van der Waals surface area contributed by atoms with Gasteiger partial charge in [0, 0.05) is 30.4 Å². The Kier molecular flexibility index (Phi) is 11.3. The van der Waals surface area contributed by atoms with Crippen molar-refractivity contribution in [2.75, 3.05) is 11.9 Å². The van der Waals surface area contributed by atoms with Gasteiger partial charge in [-0.1, -0.05) is 72.8 Å². The topological polar surface area (TPSA) is 40.5 Å². The first-order valence-corrected chi connectivity index (χ1v) is 12.0. The average molecular weight is 498 g/mol. The van der Waals surface area contributed by atoms with Crippen molar-refractivity contribution in [2.24, 2.45) is 0 Å². The van der Waals surface area contributed by atoms with E-state index in [0.29, 0.717) is 19.3 Å². The standard InChI is InChI=1S/C30H34F3NO2/c1-4-24(11-8-9-22-30(31,32)33)18-21-28(26-13-6-5-7-14-26)23(2)34(3)27-19-16-25(17-20-27)12-10-15-29(35)36/h4-9,13-14,16-21H,10-12,15,22H2,1-3H3,(H,35,36)/b9-8-,21-18+,24-4+,28-23+. The van der Waals surface area contributed by atoms with E-state index in [-0.39, 0.29) is 6.42 Å². The molecule has 2 aromatic rings. The van der Waals surface area contributed by atoms with Gasteiger partial charge in [0.25, 0.3) is 0 Å². The molecule has 0 radical (unpaired) electrons. The lowest BCUT2D eigenvalue weighted by atomic mass is 10.0. The maximum absolute atomic E-state index is 12.4. The molecule has 2 rings (SSSR count). The molecule has 0 aliphatic rings. The fourth-order valence-corrected chi connectivity index (χ4v) is 3.66. The number of hydrogen-bond acceptors (Lipinski definition) is 2. The number of rotatable bonds is 12. The largest absolute Gasteiger partial charge is 0.481 e. The number of halogens is 3. The molecule has 0 saturated heterocycles. The lowest BCUT2D eigenvalue weighted by Gasteiger charge is -2.23. The van der Waals surface area contributed by atoms with Crippen LogP contribution in [0.5, 0.6) is 0 Å². The monoisotopic (exact) mass is 497 g/mol. The van der Waals surface area contributed by atoms with Crippen molar-refractivity contribution in [1.82, 2.24) is 0 Å². The summed E-state index contributed by atoms with van der Waals surface area (Å²) in [5.41, 5.74) is 6.06. The van der Waals surface area contributed by atoms with E-state index >= 15 is 0 Å². The van der Waals surface area contributed by atoms with Crippen LogP contribution in [-0.2, 0) is 11.2 Å². The van der Waals surface area contributed by atoms with E-state index in [1.54, 1.807) is 6.08 Å². The Morgan fingerprint density at radius 2 is 1.67 bits per heavy atom. The number of aryl methyl sites for hydroxylation is 1. The van der Waals surface area contributed by atoms with Gasteiger partial charge >= 0.3 is 12.1 Å². The Balaban J connectivity index is 2.25. The minimum Gasteiger partial charge on any atom is -0.481 e. The minimum atomic E-state index is -4.19. The summed E-state index contributed by atoms with van der Waals surface area (Å²) in [6, 6.07) is 18.0. The second kappa shape index (κ2) is 14.1. The van der Waals surface area contributed by atoms with Crippen molar-refractivity contribution >= 4 is 17.2 Å². The number of carboxylic acids is 1. The maximum Gasteiger partial charge on any atom is 0.392 e. The third-order valence-electron chi connectivity index (χ3n) is 5.86. The molecule has 0 aromatic heterocycles. The molecule has 0 unspecified atom stereocenters. The average Bonchev–Trinajstić information content (AvgIpc) is 2.85. The molecule has 0 amide bonds. The van der Waals surface area contributed by atoms with Crippen LogP contribution in [0, 0.1) is 0 Å². The van der Waals surface area contributed by atoms with Gasteiger partial charge in [0.1, 0.15) is 0 Å². The van der Waals surface area contributed by atoms with Crippen LogP contribution in [0.25, 0.3) is 5.57 Å². The molecule has 6 heteroatoms. The molecule has 0 aliphatic heterocycles. The third-order valence-corrected chi connectivity index (χ3v) is 5.86. The number of nitrogens with zero attached hydrogens (tertiary/aromatic N) is 1. The molecule has 2 aromatic carbocycles. The number of anilines is 1. The minimum absolute atomic E-state index is 0.155. The first-order valence-electron chi connectivity index (χ1n) is 12.0. The van der Waals surface area contributed by atoms with E-state index in [1.807, 2.05) is 93.7 Å². The van der Waals surface area contributed by atoms with E-state index in [4.69, 9.17) is 5.11 Å². The zero-order valence-corrected chi connectivity index (χ0v) is 21.1.